The number of hydrogen-bond acceptors (Lipinski definition) is 4. The Balaban J connectivity index is 2.08. The third-order valence-electron chi connectivity index (χ3n) is 3.08. The zero-order chi connectivity index (χ0) is 19.3. The summed E-state index contributed by atoms with van der Waals surface area (Å²) in [5.41, 5.74) is 6.04. The van der Waals surface area contributed by atoms with E-state index in [1.807, 2.05) is 0 Å². The predicted molar refractivity (Wildman–Crippen MR) is 98.5 cm³/mol. The van der Waals surface area contributed by atoms with E-state index in [1.165, 1.54) is 12.1 Å². The van der Waals surface area contributed by atoms with E-state index in [0.717, 1.165) is 0 Å². The van der Waals surface area contributed by atoms with Crippen molar-refractivity contribution in [3.63, 3.8) is 0 Å². The smallest absolute Gasteiger partial charge is 0.361 e. The van der Waals surface area contributed by atoms with Gasteiger partial charge in [0.25, 0.3) is 0 Å². The molecule has 0 aliphatic rings. The Labute approximate surface area is 169 Å². The van der Waals surface area contributed by atoms with Crippen LogP contribution in [0.15, 0.2) is 36.4 Å². The van der Waals surface area contributed by atoms with Gasteiger partial charge in [-0.2, -0.15) is 0 Å². The fourth-order valence-corrected chi connectivity index (χ4v) is 2.70. The van der Waals surface area contributed by atoms with Gasteiger partial charge in [0.15, 0.2) is 0 Å². The summed E-state index contributed by atoms with van der Waals surface area (Å²) in [5, 5.41) is 1.92. The van der Waals surface area contributed by atoms with Crippen molar-refractivity contribution in [2.24, 2.45) is 5.73 Å². The lowest BCUT2D eigenvalue weighted by Gasteiger charge is -2.20. The lowest BCUT2D eigenvalue weighted by molar-refractivity contribution is -0.350. The molecule has 0 saturated heterocycles. The van der Waals surface area contributed by atoms with Crippen LogP contribution in [0.25, 0.3) is 0 Å². The third-order valence-corrected chi connectivity index (χ3v) is 4.26. The van der Waals surface area contributed by atoms with Crippen LogP contribution in [0.4, 0.5) is 0 Å². The van der Waals surface area contributed by atoms with Gasteiger partial charge in [0.2, 0.25) is 0 Å². The van der Waals surface area contributed by atoms with Crippen molar-refractivity contribution >= 4 is 58.2 Å². The molecule has 0 atom stereocenters. The van der Waals surface area contributed by atoms with E-state index in [4.69, 9.17) is 61.8 Å². The average Bonchev–Trinajstić information content (AvgIpc) is 2.57. The van der Waals surface area contributed by atoms with Crippen molar-refractivity contribution in [2.75, 3.05) is 0 Å². The Hall–Kier alpha value is -1.54. The van der Waals surface area contributed by atoms with E-state index in [2.05, 4.69) is 0 Å². The first-order chi connectivity index (χ1) is 12.3. The van der Waals surface area contributed by atoms with E-state index < -0.39 is 11.8 Å². The maximum absolute atomic E-state index is 11.9. The van der Waals surface area contributed by atoms with Gasteiger partial charge in [0.1, 0.15) is 13.2 Å². The number of nitrogens with zero attached hydrogens (tertiary/aromatic N) is 1. The van der Waals surface area contributed by atoms with Crippen molar-refractivity contribution in [1.29, 1.82) is 0 Å². The molecule has 0 radical (unpaired) electrons. The predicted octanol–water partition coefficient (Wildman–Crippen LogP) is 4.18. The summed E-state index contributed by atoms with van der Waals surface area (Å²) in [6.07, 6.45) is 0. The molecule has 2 aromatic carbocycles. The Morgan fingerprint density at radius 2 is 1.27 bits per heavy atom. The summed E-state index contributed by atoms with van der Waals surface area (Å²) in [6.45, 7) is -0.327. The summed E-state index contributed by atoms with van der Waals surface area (Å²) in [4.78, 5) is 33.5. The van der Waals surface area contributed by atoms with Crippen LogP contribution in [0.3, 0.4) is 0 Å². The highest BCUT2D eigenvalue weighted by molar-refractivity contribution is 6.35. The summed E-state index contributed by atoms with van der Waals surface area (Å²) < 4.78 is 0. The van der Waals surface area contributed by atoms with Gasteiger partial charge in [0.05, 0.1) is 0 Å². The largest absolute Gasteiger partial charge is 0.361 e. The second-order valence-electron chi connectivity index (χ2n) is 4.94. The van der Waals surface area contributed by atoms with E-state index >= 15 is 0 Å². The van der Waals surface area contributed by atoms with Crippen LogP contribution in [0.2, 0.25) is 20.1 Å². The molecule has 0 fully saturated rings. The molecular formula is C16H12Cl4N2O4. The number of halogens is 4. The summed E-state index contributed by atoms with van der Waals surface area (Å²) in [7, 11) is 0. The standard InChI is InChI=1S/C16H12Cl4N2O4/c17-11-3-1-9(13(19)5-11)7-25-22(16(24)15(21)23)26-8-10-2-4-12(18)6-14(10)20/h1-6H,7-8H2,(H2,21,23). The highest BCUT2D eigenvalue weighted by atomic mass is 35.5. The first-order valence-corrected chi connectivity index (χ1v) is 8.56. The minimum absolute atomic E-state index is 0.163. The Kier molecular flexibility index (Phi) is 7.52. The summed E-state index contributed by atoms with van der Waals surface area (Å²) in [5.74, 6) is -2.45. The number of primary amides is 1. The molecule has 0 saturated carbocycles. The first-order valence-electron chi connectivity index (χ1n) is 7.05. The minimum atomic E-state index is -1.26. The lowest BCUT2D eigenvalue weighted by atomic mass is 10.2. The van der Waals surface area contributed by atoms with Gasteiger partial charge in [-0.05, 0) is 35.4 Å². The monoisotopic (exact) mass is 436 g/mol. The van der Waals surface area contributed by atoms with E-state index in [1.54, 1.807) is 24.3 Å². The molecule has 2 N–H and O–H groups in total. The van der Waals surface area contributed by atoms with Gasteiger partial charge in [0, 0.05) is 20.1 Å². The molecule has 6 nitrogen and oxygen atoms in total. The summed E-state index contributed by atoms with van der Waals surface area (Å²) in [6, 6.07) is 9.43. The van der Waals surface area contributed by atoms with Gasteiger partial charge in [-0.25, -0.2) is 9.68 Å². The number of amides is 2. The molecule has 0 spiro atoms. The van der Waals surface area contributed by atoms with Crippen molar-refractivity contribution < 1.29 is 19.3 Å². The van der Waals surface area contributed by atoms with Crippen LogP contribution in [-0.2, 0) is 32.5 Å². The molecule has 0 heterocycles. The number of nitrogens with two attached hydrogens (primary N) is 1. The molecule has 2 rings (SSSR count). The molecule has 10 heteroatoms. The molecular weight excluding hydrogens is 426 g/mol. The van der Waals surface area contributed by atoms with Crippen LogP contribution in [0, 0.1) is 0 Å². The molecule has 0 aliphatic heterocycles. The zero-order valence-electron chi connectivity index (χ0n) is 13.0. The maximum atomic E-state index is 11.9. The van der Waals surface area contributed by atoms with Crippen LogP contribution in [0.1, 0.15) is 11.1 Å². The van der Waals surface area contributed by atoms with Gasteiger partial charge in [-0.3, -0.25) is 9.59 Å². The normalized spacial score (nSPS) is 10.6. The molecule has 2 aromatic rings. The molecule has 0 bridgehead atoms. The fraction of sp³-hybridized carbons (Fsp3) is 0.125. The average molecular weight is 438 g/mol. The third kappa shape index (κ3) is 5.74. The maximum Gasteiger partial charge on any atom is 0.361 e. The fourth-order valence-electron chi connectivity index (χ4n) is 1.78. The van der Waals surface area contributed by atoms with Gasteiger partial charge >= 0.3 is 11.8 Å². The number of benzene rings is 2. The second kappa shape index (κ2) is 9.41. The Bertz CT molecular complexity index is 776. The first kappa shape index (κ1) is 20.8. The highest BCUT2D eigenvalue weighted by Gasteiger charge is 2.22. The number of hydroxylamine groups is 2. The lowest BCUT2D eigenvalue weighted by Crippen LogP contribution is -2.40. The van der Waals surface area contributed by atoms with Crippen LogP contribution in [-0.4, -0.2) is 17.0 Å². The Morgan fingerprint density at radius 1 is 0.846 bits per heavy atom. The van der Waals surface area contributed by atoms with Crippen molar-refractivity contribution in [3.05, 3.63) is 67.6 Å². The van der Waals surface area contributed by atoms with Crippen molar-refractivity contribution in [2.45, 2.75) is 13.2 Å². The number of carbonyl (C=O) groups excluding carboxylic acids is 2. The summed E-state index contributed by atoms with van der Waals surface area (Å²) >= 11 is 23.7. The van der Waals surface area contributed by atoms with Gasteiger partial charge in [-0.1, -0.05) is 63.8 Å². The second-order valence-corrected chi connectivity index (χ2v) is 6.63. The van der Waals surface area contributed by atoms with Crippen LogP contribution in [0.5, 0.6) is 0 Å². The van der Waals surface area contributed by atoms with Crippen LogP contribution >= 0.6 is 46.4 Å². The SMILES string of the molecule is NC(=O)C(=O)N(OCc1ccc(Cl)cc1Cl)OCc1ccc(Cl)cc1Cl. The highest BCUT2D eigenvalue weighted by Crippen LogP contribution is 2.23. The molecule has 0 unspecified atom stereocenters. The molecule has 0 aromatic heterocycles. The van der Waals surface area contributed by atoms with E-state index in [-0.39, 0.29) is 13.2 Å². The quantitative estimate of drug-likeness (QED) is 0.542. The molecule has 26 heavy (non-hydrogen) atoms. The van der Waals surface area contributed by atoms with E-state index in [0.29, 0.717) is 36.4 Å². The van der Waals surface area contributed by atoms with E-state index in [9.17, 15) is 9.59 Å². The van der Waals surface area contributed by atoms with Crippen molar-refractivity contribution in [1.82, 2.24) is 5.23 Å². The zero-order valence-corrected chi connectivity index (χ0v) is 16.1. The number of hydrogen-bond donors (Lipinski definition) is 1. The topological polar surface area (TPSA) is 81.9 Å². The van der Waals surface area contributed by atoms with Gasteiger partial charge < -0.3 is 5.73 Å². The minimum Gasteiger partial charge on any atom is -0.361 e. The number of carbonyl (C=O) groups is 2. The number of rotatable bonds is 6. The van der Waals surface area contributed by atoms with Gasteiger partial charge in [-0.15, -0.1) is 0 Å². The molecule has 0 aliphatic carbocycles. The van der Waals surface area contributed by atoms with Crippen molar-refractivity contribution in [3.8, 4) is 0 Å². The molecule has 2 amide bonds. The Morgan fingerprint density at radius 3 is 1.62 bits per heavy atom. The molecule has 138 valence electrons. The van der Waals surface area contributed by atoms with Crippen LogP contribution < -0.4 is 5.73 Å².